The lowest BCUT2D eigenvalue weighted by Crippen LogP contribution is -2.42. The van der Waals surface area contributed by atoms with Crippen LogP contribution >= 0.6 is 0 Å². The van der Waals surface area contributed by atoms with E-state index in [0.717, 1.165) is 25.0 Å². The second-order valence-corrected chi connectivity index (χ2v) is 8.07. The molecule has 1 fully saturated rings. The molecule has 2 N–H and O–H groups in total. The highest BCUT2D eigenvalue weighted by Crippen LogP contribution is 2.24. The zero-order valence-electron chi connectivity index (χ0n) is 16.1. The van der Waals surface area contributed by atoms with E-state index in [-0.39, 0.29) is 11.4 Å². The summed E-state index contributed by atoms with van der Waals surface area (Å²) in [7, 11) is 0. The molecule has 0 aliphatic heterocycles. The molecule has 2 amide bonds. The quantitative estimate of drug-likeness (QED) is 0.575. The number of urea groups is 1. The van der Waals surface area contributed by atoms with Crippen LogP contribution in [-0.2, 0) is 5.41 Å². The Balaban J connectivity index is 1.59. The molecule has 1 aromatic rings. The van der Waals surface area contributed by atoms with Crippen LogP contribution in [-0.4, -0.2) is 25.2 Å². The van der Waals surface area contributed by atoms with Crippen LogP contribution in [0.15, 0.2) is 24.3 Å². The second kappa shape index (κ2) is 9.69. The lowest BCUT2D eigenvalue weighted by molar-refractivity contribution is 0.234. The van der Waals surface area contributed by atoms with Crippen molar-refractivity contribution in [1.29, 1.82) is 0 Å². The van der Waals surface area contributed by atoms with Crippen molar-refractivity contribution in [3.63, 3.8) is 0 Å². The van der Waals surface area contributed by atoms with Gasteiger partial charge in [-0.1, -0.05) is 58.6 Å². The van der Waals surface area contributed by atoms with Crippen LogP contribution in [0.3, 0.4) is 0 Å². The fourth-order valence-corrected chi connectivity index (χ4v) is 3.18. The van der Waals surface area contributed by atoms with E-state index in [1.165, 1.54) is 31.2 Å². The van der Waals surface area contributed by atoms with Crippen LogP contribution in [0.25, 0.3) is 0 Å². The lowest BCUT2D eigenvalue weighted by Gasteiger charge is -2.19. The fraction of sp³-hybridized carbons (Fsp3) is 0.667. The monoisotopic (exact) mass is 346 g/mol. The molecular formula is C21H34N2O2. The summed E-state index contributed by atoms with van der Waals surface area (Å²) < 4.78 is 5.75. The number of carbonyl (C=O) groups excluding carboxylic acids is 1. The van der Waals surface area contributed by atoms with Crippen molar-refractivity contribution in [1.82, 2.24) is 10.6 Å². The molecule has 4 heteroatoms. The predicted octanol–water partition coefficient (Wildman–Crippen LogP) is 4.78. The first-order valence-electron chi connectivity index (χ1n) is 9.73. The summed E-state index contributed by atoms with van der Waals surface area (Å²) in [6, 6.07) is 8.59. The van der Waals surface area contributed by atoms with Crippen molar-refractivity contribution < 1.29 is 9.53 Å². The third kappa shape index (κ3) is 7.37. The van der Waals surface area contributed by atoms with Crippen LogP contribution in [0, 0.1) is 0 Å². The number of hydrogen-bond donors (Lipinski definition) is 2. The van der Waals surface area contributed by atoms with Gasteiger partial charge in [0.05, 0.1) is 6.61 Å². The van der Waals surface area contributed by atoms with Gasteiger partial charge in [0.2, 0.25) is 0 Å². The molecule has 1 aromatic carbocycles. The van der Waals surface area contributed by atoms with Gasteiger partial charge in [0.1, 0.15) is 5.75 Å². The molecular weight excluding hydrogens is 312 g/mol. The molecule has 4 nitrogen and oxygen atoms in total. The van der Waals surface area contributed by atoms with Gasteiger partial charge in [0, 0.05) is 12.6 Å². The van der Waals surface area contributed by atoms with E-state index in [1.54, 1.807) is 0 Å². The van der Waals surface area contributed by atoms with Crippen LogP contribution in [0.2, 0.25) is 0 Å². The van der Waals surface area contributed by atoms with Crippen molar-refractivity contribution in [2.24, 2.45) is 0 Å². The number of nitrogens with one attached hydrogen (secondary N) is 2. The van der Waals surface area contributed by atoms with Crippen molar-refractivity contribution in [2.75, 3.05) is 13.2 Å². The summed E-state index contributed by atoms with van der Waals surface area (Å²) in [5.41, 5.74) is 1.46. The van der Waals surface area contributed by atoms with Crippen LogP contribution in [0.1, 0.15) is 71.3 Å². The first kappa shape index (κ1) is 19.6. The first-order valence-corrected chi connectivity index (χ1v) is 9.73. The minimum atomic E-state index is -0.0403. The van der Waals surface area contributed by atoms with E-state index >= 15 is 0 Å². The van der Waals surface area contributed by atoms with Crippen molar-refractivity contribution in [3.8, 4) is 5.75 Å². The zero-order valence-corrected chi connectivity index (χ0v) is 16.1. The standard InChI is InChI=1S/C21H34N2O2/c1-21(2,3)17-11-13-19(14-12-17)25-16-8-15-22-20(24)23-18-9-6-4-5-7-10-18/h11-14,18H,4-10,15-16H2,1-3H3,(H2,22,23,24). The van der Waals surface area contributed by atoms with Gasteiger partial charge < -0.3 is 15.4 Å². The van der Waals surface area contributed by atoms with E-state index < -0.39 is 0 Å². The van der Waals surface area contributed by atoms with Gasteiger partial charge in [0.15, 0.2) is 0 Å². The maximum Gasteiger partial charge on any atom is 0.315 e. The Bertz CT molecular complexity index is 512. The molecule has 1 aliphatic carbocycles. The summed E-state index contributed by atoms with van der Waals surface area (Å²) in [5, 5.41) is 6.03. The first-order chi connectivity index (χ1) is 11.9. The topological polar surface area (TPSA) is 50.4 Å². The second-order valence-electron chi connectivity index (χ2n) is 8.07. The summed E-state index contributed by atoms with van der Waals surface area (Å²) in [6.07, 6.45) is 8.09. The third-order valence-corrected chi connectivity index (χ3v) is 4.79. The van der Waals surface area contributed by atoms with E-state index in [1.807, 2.05) is 12.1 Å². The molecule has 1 aliphatic rings. The molecule has 0 radical (unpaired) electrons. The predicted molar refractivity (Wildman–Crippen MR) is 103 cm³/mol. The molecule has 0 unspecified atom stereocenters. The molecule has 140 valence electrons. The summed E-state index contributed by atoms with van der Waals surface area (Å²) in [5.74, 6) is 0.885. The Morgan fingerprint density at radius 1 is 1.08 bits per heavy atom. The summed E-state index contributed by atoms with van der Waals surface area (Å²) in [4.78, 5) is 11.9. The lowest BCUT2D eigenvalue weighted by atomic mass is 9.87. The molecule has 1 saturated carbocycles. The Morgan fingerprint density at radius 3 is 2.32 bits per heavy atom. The normalized spacial score (nSPS) is 16.1. The Kier molecular flexibility index (Phi) is 7.60. The Hall–Kier alpha value is -1.71. The molecule has 0 aromatic heterocycles. The maximum atomic E-state index is 11.9. The maximum absolute atomic E-state index is 11.9. The van der Waals surface area contributed by atoms with E-state index in [0.29, 0.717) is 19.2 Å². The Labute approximate surface area is 152 Å². The van der Waals surface area contributed by atoms with Crippen LogP contribution in [0.4, 0.5) is 4.79 Å². The summed E-state index contributed by atoms with van der Waals surface area (Å²) in [6.45, 7) is 7.86. The van der Waals surface area contributed by atoms with Gasteiger partial charge in [-0.15, -0.1) is 0 Å². The van der Waals surface area contributed by atoms with Gasteiger partial charge in [-0.2, -0.15) is 0 Å². The van der Waals surface area contributed by atoms with E-state index in [4.69, 9.17) is 4.74 Å². The molecule has 25 heavy (non-hydrogen) atoms. The number of benzene rings is 1. The third-order valence-electron chi connectivity index (χ3n) is 4.79. The minimum absolute atomic E-state index is 0.0403. The number of rotatable bonds is 6. The fourth-order valence-electron chi connectivity index (χ4n) is 3.18. The number of amides is 2. The highest BCUT2D eigenvalue weighted by Gasteiger charge is 2.14. The van der Waals surface area contributed by atoms with Crippen LogP contribution in [0.5, 0.6) is 5.75 Å². The molecule has 2 rings (SSSR count). The van der Waals surface area contributed by atoms with Crippen molar-refractivity contribution >= 4 is 6.03 Å². The number of carbonyl (C=O) groups is 1. The molecule has 0 heterocycles. The molecule has 0 spiro atoms. The van der Waals surface area contributed by atoms with Gasteiger partial charge in [-0.25, -0.2) is 4.79 Å². The van der Waals surface area contributed by atoms with Crippen molar-refractivity contribution in [2.45, 2.75) is 77.2 Å². The van der Waals surface area contributed by atoms with Crippen LogP contribution < -0.4 is 15.4 Å². The number of ether oxygens (including phenoxy) is 1. The largest absolute Gasteiger partial charge is 0.494 e. The van der Waals surface area contributed by atoms with Gasteiger partial charge in [-0.3, -0.25) is 0 Å². The average molecular weight is 347 g/mol. The van der Waals surface area contributed by atoms with Crippen molar-refractivity contribution in [3.05, 3.63) is 29.8 Å². The summed E-state index contributed by atoms with van der Waals surface area (Å²) >= 11 is 0. The minimum Gasteiger partial charge on any atom is -0.494 e. The van der Waals surface area contributed by atoms with Gasteiger partial charge in [-0.05, 0) is 42.4 Å². The molecule has 0 bridgehead atoms. The zero-order chi connectivity index (χ0) is 18.1. The smallest absolute Gasteiger partial charge is 0.315 e. The highest BCUT2D eigenvalue weighted by molar-refractivity contribution is 5.74. The Morgan fingerprint density at radius 2 is 1.72 bits per heavy atom. The SMILES string of the molecule is CC(C)(C)c1ccc(OCCCNC(=O)NC2CCCCCC2)cc1. The van der Waals surface area contributed by atoms with Gasteiger partial charge >= 0.3 is 6.03 Å². The number of hydrogen-bond acceptors (Lipinski definition) is 2. The average Bonchev–Trinajstić information content (AvgIpc) is 2.83. The highest BCUT2D eigenvalue weighted by atomic mass is 16.5. The van der Waals surface area contributed by atoms with E-state index in [9.17, 15) is 4.79 Å². The molecule has 0 atom stereocenters. The van der Waals surface area contributed by atoms with E-state index in [2.05, 4.69) is 43.5 Å². The van der Waals surface area contributed by atoms with Gasteiger partial charge in [0.25, 0.3) is 0 Å². The molecule has 0 saturated heterocycles.